The van der Waals surface area contributed by atoms with Crippen LogP contribution in [-0.2, 0) is 9.84 Å². The second-order valence-corrected chi connectivity index (χ2v) is 7.21. The molecule has 0 spiro atoms. The van der Waals surface area contributed by atoms with Crippen LogP contribution in [-0.4, -0.2) is 14.2 Å². The largest absolute Gasteiger partial charge is 0.456 e. The van der Waals surface area contributed by atoms with E-state index in [1.807, 2.05) is 0 Å². The first kappa shape index (κ1) is 17.9. The summed E-state index contributed by atoms with van der Waals surface area (Å²) in [5.74, 6) is -4.19. The SMILES string of the molecule is Cc1c(S(=O)(=O)C(F)F)ccc(Oc2cc(F)cc(Cl)c2)c1Cl. The molecule has 9 heteroatoms. The van der Waals surface area contributed by atoms with Crippen molar-refractivity contribution in [1.29, 1.82) is 0 Å². The lowest BCUT2D eigenvalue weighted by Crippen LogP contribution is -2.13. The van der Waals surface area contributed by atoms with Crippen LogP contribution in [0.15, 0.2) is 35.2 Å². The van der Waals surface area contributed by atoms with E-state index < -0.39 is 26.3 Å². The molecule has 0 heterocycles. The van der Waals surface area contributed by atoms with E-state index in [4.69, 9.17) is 27.9 Å². The van der Waals surface area contributed by atoms with Gasteiger partial charge in [-0.25, -0.2) is 12.8 Å². The molecule has 124 valence electrons. The normalized spacial score (nSPS) is 11.8. The predicted octanol–water partition coefficient (Wildman–Crippen LogP) is 5.23. The Hall–Kier alpha value is -1.44. The molecule has 2 aromatic carbocycles. The van der Waals surface area contributed by atoms with Crippen LogP contribution >= 0.6 is 23.2 Å². The second kappa shape index (κ2) is 6.59. The molecule has 23 heavy (non-hydrogen) atoms. The number of sulfone groups is 1. The van der Waals surface area contributed by atoms with Gasteiger partial charge < -0.3 is 4.74 Å². The van der Waals surface area contributed by atoms with E-state index in [-0.39, 0.29) is 27.1 Å². The first-order valence-corrected chi connectivity index (χ1v) is 8.38. The molecule has 2 rings (SSSR count). The number of benzene rings is 2. The fourth-order valence-electron chi connectivity index (χ4n) is 1.84. The molecule has 0 N–H and O–H groups in total. The minimum Gasteiger partial charge on any atom is -0.456 e. The monoisotopic (exact) mass is 384 g/mol. The lowest BCUT2D eigenvalue weighted by atomic mass is 10.2. The molecule has 0 unspecified atom stereocenters. The Morgan fingerprint density at radius 3 is 2.35 bits per heavy atom. The molecule has 0 saturated heterocycles. The van der Waals surface area contributed by atoms with E-state index in [1.54, 1.807) is 0 Å². The third-order valence-electron chi connectivity index (χ3n) is 2.91. The van der Waals surface area contributed by atoms with Gasteiger partial charge in [-0.1, -0.05) is 23.2 Å². The average molecular weight is 385 g/mol. The molecular formula is C14H9Cl2F3O3S. The zero-order valence-electron chi connectivity index (χ0n) is 11.5. The zero-order chi connectivity index (χ0) is 17.4. The highest BCUT2D eigenvalue weighted by atomic mass is 35.5. The van der Waals surface area contributed by atoms with Crippen molar-refractivity contribution in [2.75, 3.05) is 0 Å². The van der Waals surface area contributed by atoms with Gasteiger partial charge in [0.05, 0.1) is 9.92 Å². The fraction of sp³-hybridized carbons (Fsp3) is 0.143. The summed E-state index contributed by atoms with van der Waals surface area (Å²) < 4.78 is 67.0. The molecule has 0 saturated carbocycles. The molecule has 0 atom stereocenters. The zero-order valence-corrected chi connectivity index (χ0v) is 13.8. The molecule has 0 bridgehead atoms. The Morgan fingerprint density at radius 2 is 1.78 bits per heavy atom. The summed E-state index contributed by atoms with van der Waals surface area (Å²) in [5.41, 5.74) is -0.0908. The number of hydrogen-bond acceptors (Lipinski definition) is 3. The first-order valence-electron chi connectivity index (χ1n) is 6.08. The molecule has 0 aliphatic rings. The standard InChI is InChI=1S/C14H9Cl2F3O3S/c1-7-12(23(20,21)14(18)19)3-2-11(13(7)16)22-10-5-8(15)4-9(17)6-10/h2-6,14H,1H3. The molecule has 3 nitrogen and oxygen atoms in total. The van der Waals surface area contributed by atoms with Gasteiger partial charge in [0.25, 0.3) is 0 Å². The highest BCUT2D eigenvalue weighted by Gasteiger charge is 2.29. The van der Waals surface area contributed by atoms with Gasteiger partial charge in [-0.05, 0) is 36.8 Å². The minimum atomic E-state index is -4.79. The summed E-state index contributed by atoms with van der Waals surface area (Å²) >= 11 is 11.7. The molecular weight excluding hydrogens is 376 g/mol. The van der Waals surface area contributed by atoms with Gasteiger partial charge in [0.1, 0.15) is 17.3 Å². The van der Waals surface area contributed by atoms with E-state index in [0.29, 0.717) is 0 Å². The summed E-state index contributed by atoms with van der Waals surface area (Å²) in [6, 6.07) is 5.50. The lowest BCUT2D eigenvalue weighted by Gasteiger charge is -2.13. The van der Waals surface area contributed by atoms with Gasteiger partial charge >= 0.3 is 5.76 Å². The van der Waals surface area contributed by atoms with Crippen molar-refractivity contribution in [3.8, 4) is 11.5 Å². The van der Waals surface area contributed by atoms with Gasteiger partial charge in [-0.15, -0.1) is 0 Å². The van der Waals surface area contributed by atoms with Crippen molar-refractivity contribution < 1.29 is 26.3 Å². The molecule has 0 amide bonds. The third-order valence-corrected chi connectivity index (χ3v) is 5.12. The number of alkyl halides is 2. The number of ether oxygens (including phenoxy) is 1. The van der Waals surface area contributed by atoms with Crippen molar-refractivity contribution in [3.05, 3.63) is 51.8 Å². The third kappa shape index (κ3) is 3.73. The maximum Gasteiger partial charge on any atom is 0.341 e. The highest BCUT2D eigenvalue weighted by Crippen LogP contribution is 2.37. The summed E-state index contributed by atoms with van der Waals surface area (Å²) in [4.78, 5) is -0.595. The van der Waals surface area contributed by atoms with Crippen molar-refractivity contribution >= 4 is 33.0 Å². The molecule has 2 aromatic rings. The highest BCUT2D eigenvalue weighted by molar-refractivity contribution is 7.91. The minimum absolute atomic E-state index is 0.0148. The van der Waals surface area contributed by atoms with Crippen molar-refractivity contribution in [2.24, 2.45) is 0 Å². The van der Waals surface area contributed by atoms with Gasteiger partial charge in [0.15, 0.2) is 0 Å². The van der Waals surface area contributed by atoms with Crippen molar-refractivity contribution in [1.82, 2.24) is 0 Å². The molecule has 0 aliphatic carbocycles. The maximum atomic E-state index is 13.3. The maximum absolute atomic E-state index is 13.3. The number of halogens is 5. The Morgan fingerprint density at radius 1 is 1.13 bits per heavy atom. The van der Waals surface area contributed by atoms with Gasteiger partial charge in [-0.2, -0.15) is 8.78 Å². The van der Waals surface area contributed by atoms with Crippen molar-refractivity contribution in [3.63, 3.8) is 0 Å². The van der Waals surface area contributed by atoms with Crippen molar-refractivity contribution in [2.45, 2.75) is 17.6 Å². The van der Waals surface area contributed by atoms with Crippen LogP contribution in [0.5, 0.6) is 11.5 Å². The molecule has 0 aromatic heterocycles. The van der Waals surface area contributed by atoms with Crippen LogP contribution in [0, 0.1) is 12.7 Å². The summed E-state index contributed by atoms with van der Waals surface area (Å²) in [7, 11) is -4.79. The smallest absolute Gasteiger partial charge is 0.341 e. The molecule has 0 radical (unpaired) electrons. The Bertz CT molecular complexity index is 834. The Kier molecular flexibility index (Phi) is 5.13. The van der Waals surface area contributed by atoms with E-state index in [1.165, 1.54) is 13.0 Å². The lowest BCUT2D eigenvalue weighted by molar-refractivity contribution is 0.234. The van der Waals surface area contributed by atoms with E-state index in [2.05, 4.69) is 0 Å². The van der Waals surface area contributed by atoms with Crippen LogP contribution in [0.2, 0.25) is 10.0 Å². The van der Waals surface area contributed by atoms with Gasteiger partial charge in [0, 0.05) is 11.1 Å². The van der Waals surface area contributed by atoms with Gasteiger partial charge in [-0.3, -0.25) is 0 Å². The van der Waals surface area contributed by atoms with Crippen LogP contribution in [0.3, 0.4) is 0 Å². The second-order valence-electron chi connectivity index (χ2n) is 4.51. The van der Waals surface area contributed by atoms with Crippen LogP contribution in [0.4, 0.5) is 13.2 Å². The molecule has 0 fully saturated rings. The predicted molar refractivity (Wildman–Crippen MR) is 80.9 cm³/mol. The van der Waals surface area contributed by atoms with Crippen LogP contribution in [0.1, 0.15) is 5.56 Å². The summed E-state index contributed by atoms with van der Waals surface area (Å²) in [5, 5.41) is -0.0862. The Balaban J connectivity index is 2.45. The van der Waals surface area contributed by atoms with E-state index in [9.17, 15) is 21.6 Å². The topological polar surface area (TPSA) is 43.4 Å². The average Bonchev–Trinajstić information content (AvgIpc) is 2.42. The summed E-state index contributed by atoms with van der Waals surface area (Å²) in [6.07, 6.45) is 0. The summed E-state index contributed by atoms with van der Waals surface area (Å²) in [6.45, 7) is 1.27. The first-order chi connectivity index (χ1) is 10.6. The number of rotatable bonds is 4. The molecule has 0 aliphatic heterocycles. The van der Waals surface area contributed by atoms with Crippen LogP contribution < -0.4 is 4.74 Å². The quantitative estimate of drug-likeness (QED) is 0.724. The van der Waals surface area contributed by atoms with Crippen LogP contribution in [0.25, 0.3) is 0 Å². The van der Waals surface area contributed by atoms with E-state index in [0.717, 1.165) is 24.3 Å². The van der Waals surface area contributed by atoms with Gasteiger partial charge in [0.2, 0.25) is 9.84 Å². The van der Waals surface area contributed by atoms with E-state index >= 15 is 0 Å². The number of hydrogen-bond donors (Lipinski definition) is 0. The Labute approximate surface area is 140 Å². The fourth-order valence-corrected chi connectivity index (χ4v) is 3.29.